The Morgan fingerprint density at radius 1 is 1.47 bits per heavy atom. The number of nitrogens with one attached hydrogen (secondary N) is 1. The predicted molar refractivity (Wildman–Crippen MR) is 58.4 cm³/mol. The first-order valence-electron chi connectivity index (χ1n) is 4.71. The summed E-state index contributed by atoms with van der Waals surface area (Å²) in [5.41, 5.74) is 0.985. The summed E-state index contributed by atoms with van der Waals surface area (Å²) in [4.78, 5) is 11.0. The van der Waals surface area contributed by atoms with Gasteiger partial charge in [0.15, 0.2) is 0 Å². The van der Waals surface area contributed by atoms with Gasteiger partial charge in [-0.25, -0.2) is 4.39 Å². The van der Waals surface area contributed by atoms with Crippen molar-refractivity contribution in [2.75, 3.05) is 5.88 Å². The normalized spacial score (nSPS) is 12.2. The highest BCUT2D eigenvalue weighted by molar-refractivity contribution is 6.27. The zero-order valence-electron chi connectivity index (χ0n) is 8.47. The molecule has 4 heteroatoms. The molecule has 0 bridgehead atoms. The molecule has 0 fully saturated rings. The Balaban J connectivity index is 2.47. The molecule has 2 nitrogen and oxygen atoms in total. The van der Waals surface area contributed by atoms with E-state index in [0.717, 1.165) is 5.56 Å². The third kappa shape index (κ3) is 4.30. The smallest absolute Gasteiger partial charge is 0.235 e. The molecule has 1 amide bonds. The van der Waals surface area contributed by atoms with E-state index in [1.165, 1.54) is 12.1 Å². The summed E-state index contributed by atoms with van der Waals surface area (Å²) >= 11 is 5.36. The average molecular weight is 230 g/mol. The van der Waals surface area contributed by atoms with Crippen molar-refractivity contribution in [2.45, 2.75) is 19.4 Å². The molecule has 0 aliphatic carbocycles. The maximum Gasteiger partial charge on any atom is 0.235 e. The summed E-state index contributed by atoms with van der Waals surface area (Å²) in [6.07, 6.45) is 0.670. The third-order valence-electron chi connectivity index (χ3n) is 1.98. The minimum Gasteiger partial charge on any atom is -0.352 e. The van der Waals surface area contributed by atoms with E-state index in [2.05, 4.69) is 5.32 Å². The van der Waals surface area contributed by atoms with Crippen LogP contribution >= 0.6 is 11.6 Å². The van der Waals surface area contributed by atoms with E-state index >= 15 is 0 Å². The van der Waals surface area contributed by atoms with Crippen LogP contribution in [-0.4, -0.2) is 17.8 Å². The zero-order chi connectivity index (χ0) is 11.3. The van der Waals surface area contributed by atoms with Crippen molar-refractivity contribution in [1.82, 2.24) is 5.32 Å². The Bertz CT molecular complexity index is 326. The van der Waals surface area contributed by atoms with Gasteiger partial charge in [0, 0.05) is 6.04 Å². The van der Waals surface area contributed by atoms with E-state index in [0.29, 0.717) is 6.42 Å². The number of hydrogen-bond donors (Lipinski definition) is 1. The number of carbonyl (C=O) groups excluding carboxylic acids is 1. The number of carbonyl (C=O) groups is 1. The van der Waals surface area contributed by atoms with E-state index in [9.17, 15) is 9.18 Å². The van der Waals surface area contributed by atoms with Gasteiger partial charge in [-0.1, -0.05) is 12.1 Å². The standard InChI is InChI=1S/C11H13ClFNO/c1-8(14-11(15)7-12)6-9-2-4-10(13)5-3-9/h2-5,8H,6-7H2,1H3,(H,14,15). The maximum atomic E-state index is 12.6. The fourth-order valence-corrected chi connectivity index (χ4v) is 1.42. The molecule has 1 N–H and O–H groups in total. The second kappa shape index (κ2) is 5.71. The first-order valence-corrected chi connectivity index (χ1v) is 5.25. The molecule has 0 aliphatic rings. The summed E-state index contributed by atoms with van der Waals surface area (Å²) < 4.78 is 12.6. The molecule has 1 aromatic carbocycles. The quantitative estimate of drug-likeness (QED) is 0.788. The molecule has 0 spiro atoms. The highest BCUT2D eigenvalue weighted by Gasteiger charge is 2.06. The van der Waals surface area contributed by atoms with E-state index < -0.39 is 0 Å². The van der Waals surface area contributed by atoms with Gasteiger partial charge in [0.25, 0.3) is 0 Å². The first-order chi connectivity index (χ1) is 7.11. The van der Waals surface area contributed by atoms with Gasteiger partial charge in [-0.05, 0) is 31.0 Å². The minimum atomic E-state index is -0.254. The number of halogens is 2. The van der Waals surface area contributed by atoms with Crippen LogP contribution in [0.1, 0.15) is 12.5 Å². The van der Waals surface area contributed by atoms with Crippen LogP contribution in [0.5, 0.6) is 0 Å². The van der Waals surface area contributed by atoms with Crippen LogP contribution < -0.4 is 5.32 Å². The van der Waals surface area contributed by atoms with Crippen molar-refractivity contribution in [1.29, 1.82) is 0 Å². The number of hydrogen-bond acceptors (Lipinski definition) is 1. The molecule has 1 aromatic rings. The van der Waals surface area contributed by atoms with Crippen LogP contribution in [0.15, 0.2) is 24.3 Å². The first kappa shape index (κ1) is 12.0. The molecule has 0 aromatic heterocycles. The lowest BCUT2D eigenvalue weighted by atomic mass is 10.1. The van der Waals surface area contributed by atoms with Gasteiger partial charge in [-0.2, -0.15) is 0 Å². The van der Waals surface area contributed by atoms with Gasteiger partial charge in [0.05, 0.1) is 0 Å². The van der Waals surface area contributed by atoms with E-state index in [1.807, 2.05) is 6.92 Å². The topological polar surface area (TPSA) is 29.1 Å². The van der Waals surface area contributed by atoms with Crippen LogP contribution in [0.2, 0.25) is 0 Å². The Morgan fingerprint density at radius 2 is 2.07 bits per heavy atom. The lowest BCUT2D eigenvalue weighted by Crippen LogP contribution is -2.34. The summed E-state index contributed by atoms with van der Waals surface area (Å²) in [5, 5.41) is 2.73. The molecular weight excluding hydrogens is 217 g/mol. The van der Waals surface area contributed by atoms with Gasteiger partial charge in [0.2, 0.25) is 5.91 Å². The number of alkyl halides is 1. The Morgan fingerprint density at radius 3 is 2.60 bits per heavy atom. The van der Waals surface area contributed by atoms with Crippen LogP contribution in [0.4, 0.5) is 4.39 Å². The predicted octanol–water partition coefficient (Wildman–Crippen LogP) is 2.11. The van der Waals surface area contributed by atoms with E-state index in [-0.39, 0.29) is 23.6 Å². The Hall–Kier alpha value is -1.09. The molecule has 0 saturated heterocycles. The molecule has 0 heterocycles. The summed E-state index contributed by atoms with van der Waals surface area (Å²) in [6, 6.07) is 6.23. The monoisotopic (exact) mass is 229 g/mol. The third-order valence-corrected chi connectivity index (χ3v) is 2.23. The van der Waals surface area contributed by atoms with Crippen LogP contribution in [-0.2, 0) is 11.2 Å². The fourth-order valence-electron chi connectivity index (χ4n) is 1.34. The van der Waals surface area contributed by atoms with Crippen molar-refractivity contribution in [2.24, 2.45) is 0 Å². The molecule has 1 unspecified atom stereocenters. The molecule has 0 radical (unpaired) electrons. The SMILES string of the molecule is CC(Cc1ccc(F)cc1)NC(=O)CCl. The fraction of sp³-hybridized carbons (Fsp3) is 0.364. The molecule has 0 aliphatic heterocycles. The maximum absolute atomic E-state index is 12.6. The van der Waals surface area contributed by atoms with Crippen LogP contribution in [0.25, 0.3) is 0 Å². The summed E-state index contributed by atoms with van der Waals surface area (Å²) in [5.74, 6) is -0.476. The Labute approximate surface area is 93.4 Å². The highest BCUT2D eigenvalue weighted by Crippen LogP contribution is 2.05. The molecular formula is C11H13ClFNO. The van der Waals surface area contributed by atoms with Crippen molar-refractivity contribution < 1.29 is 9.18 Å². The lowest BCUT2D eigenvalue weighted by Gasteiger charge is -2.12. The minimum absolute atomic E-state index is 0.00158. The summed E-state index contributed by atoms with van der Waals surface area (Å²) in [7, 11) is 0. The molecule has 82 valence electrons. The van der Waals surface area contributed by atoms with E-state index in [1.54, 1.807) is 12.1 Å². The van der Waals surface area contributed by atoms with Gasteiger partial charge < -0.3 is 5.32 Å². The molecule has 1 atom stereocenters. The molecule has 0 saturated carbocycles. The van der Waals surface area contributed by atoms with Gasteiger partial charge in [-0.3, -0.25) is 4.79 Å². The summed E-state index contributed by atoms with van der Waals surface area (Å²) in [6.45, 7) is 1.88. The van der Waals surface area contributed by atoms with Crippen LogP contribution in [0, 0.1) is 5.82 Å². The van der Waals surface area contributed by atoms with Crippen molar-refractivity contribution >= 4 is 17.5 Å². The van der Waals surface area contributed by atoms with Gasteiger partial charge in [0.1, 0.15) is 11.7 Å². The second-order valence-corrected chi connectivity index (χ2v) is 3.70. The van der Waals surface area contributed by atoms with E-state index in [4.69, 9.17) is 11.6 Å². The van der Waals surface area contributed by atoms with Crippen molar-refractivity contribution in [3.8, 4) is 0 Å². The zero-order valence-corrected chi connectivity index (χ0v) is 9.22. The second-order valence-electron chi connectivity index (χ2n) is 3.43. The van der Waals surface area contributed by atoms with Crippen molar-refractivity contribution in [3.05, 3.63) is 35.6 Å². The molecule has 1 rings (SSSR count). The Kier molecular flexibility index (Phi) is 4.56. The average Bonchev–Trinajstić information content (AvgIpc) is 2.21. The largest absolute Gasteiger partial charge is 0.352 e. The number of rotatable bonds is 4. The van der Waals surface area contributed by atoms with Gasteiger partial charge in [-0.15, -0.1) is 11.6 Å². The lowest BCUT2D eigenvalue weighted by molar-refractivity contribution is -0.119. The number of benzene rings is 1. The molecule has 15 heavy (non-hydrogen) atoms. The highest BCUT2D eigenvalue weighted by atomic mass is 35.5. The number of amides is 1. The van der Waals surface area contributed by atoms with Gasteiger partial charge >= 0.3 is 0 Å². The van der Waals surface area contributed by atoms with Crippen LogP contribution in [0.3, 0.4) is 0 Å². The van der Waals surface area contributed by atoms with Crippen molar-refractivity contribution in [3.63, 3.8) is 0 Å².